The van der Waals surface area contributed by atoms with Crippen molar-refractivity contribution in [2.45, 2.75) is 29.7 Å². The summed E-state index contributed by atoms with van der Waals surface area (Å²) in [5.41, 5.74) is 5.39. The van der Waals surface area contributed by atoms with Gasteiger partial charge in [0, 0.05) is 4.90 Å². The van der Waals surface area contributed by atoms with E-state index in [4.69, 9.17) is 5.73 Å². The molecule has 0 radical (unpaired) electrons. The summed E-state index contributed by atoms with van der Waals surface area (Å²) in [4.78, 5) is 13.2. The fourth-order valence-electron chi connectivity index (χ4n) is 1.94. The first-order valence-electron chi connectivity index (χ1n) is 6.11. The van der Waals surface area contributed by atoms with Crippen molar-refractivity contribution in [2.75, 3.05) is 5.88 Å². The fourth-order valence-corrected chi connectivity index (χ4v) is 2.66. The average Bonchev–Trinajstić information content (AvgIpc) is 2.41. The molecule has 0 heterocycles. The van der Waals surface area contributed by atoms with E-state index < -0.39 is 5.54 Å². The molecular weight excluding hydrogens is 244 g/mol. The number of allylic oxidation sites excluding steroid dienone is 1. The minimum atomic E-state index is -0.716. The van der Waals surface area contributed by atoms with E-state index in [0.29, 0.717) is 12.3 Å². The number of amides is 1. The van der Waals surface area contributed by atoms with Crippen molar-refractivity contribution in [2.24, 2.45) is 5.73 Å². The lowest BCUT2D eigenvalue weighted by atomic mass is 9.86. The molecule has 0 spiro atoms. The summed E-state index contributed by atoms with van der Waals surface area (Å²) in [6.07, 6.45) is 6.32. The number of hydrogen-bond acceptors (Lipinski definition) is 3. The average molecular weight is 262 g/mol. The number of nitrogens with two attached hydrogens (primary N) is 1. The number of nitrogens with one attached hydrogen (secondary N) is 1. The maximum Gasteiger partial charge on any atom is 0.241 e. The Kier molecular flexibility index (Phi) is 4.44. The Morgan fingerprint density at radius 3 is 2.78 bits per heavy atom. The lowest BCUT2D eigenvalue weighted by molar-refractivity contribution is -0.126. The van der Waals surface area contributed by atoms with Gasteiger partial charge in [-0.2, -0.15) is 0 Å². The van der Waals surface area contributed by atoms with Gasteiger partial charge in [0.2, 0.25) is 5.91 Å². The molecule has 1 aromatic carbocycles. The molecule has 1 aromatic rings. The van der Waals surface area contributed by atoms with Crippen molar-refractivity contribution in [3.63, 3.8) is 0 Å². The SMILES string of the molecule is NC1(C(=O)NCSc2ccccc2)CC=CCC1. The second-order valence-corrected chi connectivity index (χ2v) is 5.53. The van der Waals surface area contributed by atoms with Crippen LogP contribution in [0.1, 0.15) is 19.3 Å². The number of rotatable bonds is 4. The molecule has 18 heavy (non-hydrogen) atoms. The van der Waals surface area contributed by atoms with Crippen LogP contribution in [-0.2, 0) is 4.79 Å². The van der Waals surface area contributed by atoms with Crippen molar-refractivity contribution < 1.29 is 4.79 Å². The molecule has 0 saturated heterocycles. The van der Waals surface area contributed by atoms with E-state index in [-0.39, 0.29) is 5.91 Å². The Hall–Kier alpha value is -1.26. The van der Waals surface area contributed by atoms with Crippen LogP contribution in [0.3, 0.4) is 0 Å². The summed E-state index contributed by atoms with van der Waals surface area (Å²) >= 11 is 1.61. The topological polar surface area (TPSA) is 55.1 Å². The molecule has 0 bridgehead atoms. The Morgan fingerprint density at radius 1 is 1.33 bits per heavy atom. The monoisotopic (exact) mass is 262 g/mol. The zero-order chi connectivity index (χ0) is 12.8. The summed E-state index contributed by atoms with van der Waals surface area (Å²) in [5.74, 6) is 0.515. The van der Waals surface area contributed by atoms with Crippen molar-refractivity contribution in [3.8, 4) is 0 Å². The zero-order valence-electron chi connectivity index (χ0n) is 10.3. The first-order chi connectivity index (χ1) is 8.71. The number of benzene rings is 1. The van der Waals surface area contributed by atoms with Gasteiger partial charge >= 0.3 is 0 Å². The fraction of sp³-hybridized carbons (Fsp3) is 0.357. The lowest BCUT2D eigenvalue weighted by Crippen LogP contribution is -2.54. The molecule has 4 heteroatoms. The van der Waals surface area contributed by atoms with Crippen LogP contribution in [0.2, 0.25) is 0 Å². The smallest absolute Gasteiger partial charge is 0.241 e. The Morgan fingerprint density at radius 2 is 2.11 bits per heavy atom. The van der Waals surface area contributed by atoms with Crippen LogP contribution >= 0.6 is 11.8 Å². The van der Waals surface area contributed by atoms with Crippen molar-refractivity contribution in [1.82, 2.24) is 5.32 Å². The first kappa shape index (κ1) is 13.2. The van der Waals surface area contributed by atoms with E-state index >= 15 is 0 Å². The summed E-state index contributed by atoms with van der Waals surface area (Å²) in [6.45, 7) is 0. The van der Waals surface area contributed by atoms with Gasteiger partial charge in [-0.1, -0.05) is 30.4 Å². The molecule has 2 rings (SSSR count). The molecule has 0 aliphatic heterocycles. The normalized spacial score (nSPS) is 22.7. The maximum atomic E-state index is 12.0. The van der Waals surface area contributed by atoms with Gasteiger partial charge in [0.15, 0.2) is 0 Å². The van der Waals surface area contributed by atoms with E-state index in [1.807, 2.05) is 36.4 Å². The predicted molar refractivity (Wildman–Crippen MR) is 75.2 cm³/mol. The van der Waals surface area contributed by atoms with Gasteiger partial charge in [-0.15, -0.1) is 11.8 Å². The molecule has 0 saturated carbocycles. The second-order valence-electron chi connectivity index (χ2n) is 4.48. The van der Waals surface area contributed by atoms with Gasteiger partial charge in [0.05, 0.1) is 11.4 Å². The maximum absolute atomic E-state index is 12.0. The van der Waals surface area contributed by atoms with E-state index in [0.717, 1.165) is 17.7 Å². The molecule has 1 amide bonds. The number of carbonyl (C=O) groups is 1. The first-order valence-corrected chi connectivity index (χ1v) is 7.09. The van der Waals surface area contributed by atoms with Gasteiger partial charge in [-0.25, -0.2) is 0 Å². The highest BCUT2D eigenvalue weighted by molar-refractivity contribution is 7.99. The molecule has 1 aliphatic rings. The molecule has 3 nitrogen and oxygen atoms in total. The van der Waals surface area contributed by atoms with E-state index in [9.17, 15) is 4.79 Å². The summed E-state index contributed by atoms with van der Waals surface area (Å²) < 4.78 is 0. The summed E-state index contributed by atoms with van der Waals surface area (Å²) in [6, 6.07) is 10.0. The lowest BCUT2D eigenvalue weighted by Gasteiger charge is -2.28. The number of hydrogen-bond donors (Lipinski definition) is 2. The number of carbonyl (C=O) groups excluding carboxylic acids is 1. The summed E-state index contributed by atoms with van der Waals surface area (Å²) in [7, 11) is 0. The standard InChI is InChI=1S/C14H18N2OS/c15-14(9-5-2-6-10-14)13(17)16-11-18-12-7-3-1-4-8-12/h1-5,7-8H,6,9-11,15H2,(H,16,17). The molecule has 96 valence electrons. The van der Waals surface area contributed by atoms with Crippen LogP contribution in [0.25, 0.3) is 0 Å². The highest BCUT2D eigenvalue weighted by Gasteiger charge is 2.33. The van der Waals surface area contributed by atoms with Crippen LogP contribution in [0.4, 0.5) is 0 Å². The van der Waals surface area contributed by atoms with Crippen LogP contribution in [0, 0.1) is 0 Å². The molecule has 1 atom stereocenters. The largest absolute Gasteiger partial charge is 0.345 e. The minimum absolute atomic E-state index is 0.0460. The van der Waals surface area contributed by atoms with Crippen LogP contribution in [-0.4, -0.2) is 17.3 Å². The van der Waals surface area contributed by atoms with E-state index in [1.165, 1.54) is 0 Å². The van der Waals surface area contributed by atoms with Gasteiger partial charge in [-0.3, -0.25) is 4.79 Å². The minimum Gasteiger partial charge on any atom is -0.345 e. The molecule has 1 aliphatic carbocycles. The molecule has 0 fully saturated rings. The van der Waals surface area contributed by atoms with E-state index in [1.54, 1.807) is 11.8 Å². The van der Waals surface area contributed by atoms with Crippen LogP contribution in [0.5, 0.6) is 0 Å². The van der Waals surface area contributed by atoms with Crippen LogP contribution in [0.15, 0.2) is 47.4 Å². The second kappa shape index (κ2) is 6.07. The summed E-state index contributed by atoms with van der Waals surface area (Å²) in [5, 5.41) is 2.91. The van der Waals surface area contributed by atoms with Crippen molar-refractivity contribution >= 4 is 17.7 Å². The molecule has 3 N–H and O–H groups in total. The Balaban J connectivity index is 1.80. The Labute approximate surface area is 112 Å². The van der Waals surface area contributed by atoms with Crippen molar-refractivity contribution in [1.29, 1.82) is 0 Å². The molecule has 0 aromatic heterocycles. The van der Waals surface area contributed by atoms with Crippen molar-refractivity contribution in [3.05, 3.63) is 42.5 Å². The zero-order valence-corrected chi connectivity index (χ0v) is 11.1. The third-order valence-corrected chi connectivity index (χ3v) is 3.97. The Bertz CT molecular complexity index is 433. The van der Waals surface area contributed by atoms with Gasteiger partial charge < -0.3 is 11.1 Å². The van der Waals surface area contributed by atoms with Crippen LogP contribution < -0.4 is 11.1 Å². The molecule has 1 unspecified atom stereocenters. The third kappa shape index (κ3) is 3.37. The highest BCUT2D eigenvalue weighted by Crippen LogP contribution is 2.21. The van der Waals surface area contributed by atoms with E-state index in [2.05, 4.69) is 11.4 Å². The predicted octanol–water partition coefficient (Wildman–Crippen LogP) is 2.29. The number of thioether (sulfide) groups is 1. The third-order valence-electron chi connectivity index (χ3n) is 3.07. The molecular formula is C14H18N2OS. The highest BCUT2D eigenvalue weighted by atomic mass is 32.2. The van der Waals surface area contributed by atoms with Gasteiger partial charge in [-0.05, 0) is 31.4 Å². The van der Waals surface area contributed by atoms with Gasteiger partial charge in [0.1, 0.15) is 0 Å². The quantitative estimate of drug-likeness (QED) is 0.497. The van der Waals surface area contributed by atoms with Gasteiger partial charge in [0.25, 0.3) is 0 Å².